The lowest BCUT2D eigenvalue weighted by Crippen LogP contribution is -2.39. The average Bonchev–Trinajstić information content (AvgIpc) is 3.23. The first-order valence-corrected chi connectivity index (χ1v) is 9.84. The molecule has 0 aliphatic heterocycles. The molecule has 3 rings (SSSR count). The Morgan fingerprint density at radius 3 is 2.43 bits per heavy atom. The van der Waals surface area contributed by atoms with Crippen LogP contribution in [0.15, 0.2) is 53.1 Å². The molecule has 8 heteroatoms. The number of carbonyl (C=O) groups is 1. The second-order valence-electron chi connectivity index (χ2n) is 7.19. The lowest BCUT2D eigenvalue weighted by Gasteiger charge is -2.28. The van der Waals surface area contributed by atoms with Crippen molar-refractivity contribution in [1.82, 2.24) is 15.0 Å². The highest BCUT2D eigenvalue weighted by Gasteiger charge is 2.21. The molecule has 0 N–H and O–H groups in total. The largest absolute Gasteiger partial charge is 0.339 e. The molecular formula is C22H24N4O4. The maximum Gasteiger partial charge on any atom is 0.269 e. The van der Waals surface area contributed by atoms with Crippen molar-refractivity contribution in [3.63, 3.8) is 0 Å². The fourth-order valence-corrected chi connectivity index (χ4v) is 3.03. The zero-order chi connectivity index (χ0) is 21.7. The van der Waals surface area contributed by atoms with E-state index in [0.29, 0.717) is 35.8 Å². The molecule has 2 aromatic carbocycles. The van der Waals surface area contributed by atoms with Gasteiger partial charge in [-0.1, -0.05) is 29.8 Å². The summed E-state index contributed by atoms with van der Waals surface area (Å²) in [7, 11) is 0. The van der Waals surface area contributed by atoms with Crippen LogP contribution in [0.5, 0.6) is 0 Å². The number of benzene rings is 2. The number of hydrogen-bond donors (Lipinski definition) is 0. The Hall–Kier alpha value is -3.55. The Labute approximate surface area is 174 Å². The highest BCUT2D eigenvalue weighted by atomic mass is 16.6. The van der Waals surface area contributed by atoms with Crippen molar-refractivity contribution in [2.24, 2.45) is 0 Å². The van der Waals surface area contributed by atoms with Crippen LogP contribution in [0.1, 0.15) is 42.1 Å². The first-order chi connectivity index (χ1) is 14.4. The van der Waals surface area contributed by atoms with Crippen molar-refractivity contribution >= 4 is 11.6 Å². The van der Waals surface area contributed by atoms with E-state index in [1.807, 2.05) is 49.9 Å². The quantitative estimate of drug-likeness (QED) is 0.403. The molecule has 156 valence electrons. The fraction of sp³-hybridized carbons (Fsp3) is 0.318. The van der Waals surface area contributed by atoms with Crippen molar-refractivity contribution in [1.29, 1.82) is 0 Å². The van der Waals surface area contributed by atoms with Gasteiger partial charge in [0.1, 0.15) is 0 Å². The topological polar surface area (TPSA) is 102 Å². The zero-order valence-electron chi connectivity index (χ0n) is 17.2. The third-order valence-corrected chi connectivity index (χ3v) is 5.05. The van der Waals surface area contributed by atoms with Gasteiger partial charge >= 0.3 is 0 Å². The fourth-order valence-electron chi connectivity index (χ4n) is 3.03. The number of nitrogens with zero attached hydrogens (tertiary/aromatic N) is 4. The van der Waals surface area contributed by atoms with Gasteiger partial charge in [0.2, 0.25) is 11.7 Å². The van der Waals surface area contributed by atoms with Gasteiger partial charge in [-0.3, -0.25) is 14.9 Å². The van der Waals surface area contributed by atoms with Crippen LogP contribution in [0.3, 0.4) is 0 Å². The summed E-state index contributed by atoms with van der Waals surface area (Å²) in [6.45, 7) is 6.49. The van der Waals surface area contributed by atoms with Crippen molar-refractivity contribution < 1.29 is 14.2 Å². The summed E-state index contributed by atoms with van der Waals surface area (Å²) in [5.74, 6) is 0.743. The molecule has 3 aromatic rings. The molecule has 0 bridgehead atoms. The third-order valence-electron chi connectivity index (χ3n) is 5.05. The number of non-ortho nitro benzene ring substituents is 1. The van der Waals surface area contributed by atoms with Crippen molar-refractivity contribution in [3.05, 3.63) is 75.7 Å². The number of aromatic nitrogens is 2. The minimum Gasteiger partial charge on any atom is -0.339 e. The summed E-state index contributed by atoms with van der Waals surface area (Å²) in [6.07, 6.45) is 1.25. The summed E-state index contributed by atoms with van der Waals surface area (Å²) in [5, 5.41) is 14.7. The number of rotatable bonds is 8. The van der Waals surface area contributed by atoms with Gasteiger partial charge in [0, 0.05) is 42.3 Å². The smallest absolute Gasteiger partial charge is 0.269 e. The Balaban J connectivity index is 1.71. The molecule has 0 fully saturated rings. The molecule has 1 amide bonds. The van der Waals surface area contributed by atoms with Crippen LogP contribution in [0.25, 0.3) is 11.4 Å². The van der Waals surface area contributed by atoms with Gasteiger partial charge in [0.25, 0.3) is 11.6 Å². The maximum absolute atomic E-state index is 13.0. The Kier molecular flexibility index (Phi) is 6.56. The van der Waals surface area contributed by atoms with E-state index in [2.05, 4.69) is 10.1 Å². The zero-order valence-corrected chi connectivity index (χ0v) is 17.2. The second-order valence-corrected chi connectivity index (χ2v) is 7.19. The van der Waals surface area contributed by atoms with E-state index < -0.39 is 4.92 Å². The SMILES string of the molecule is CC[C@H](C)N(CCc1nc(-c2ccc([N+](=O)[O-])cc2)no1)C(=O)c1ccc(C)cc1. The van der Waals surface area contributed by atoms with Gasteiger partial charge in [-0.2, -0.15) is 4.98 Å². The molecular weight excluding hydrogens is 384 g/mol. The van der Waals surface area contributed by atoms with Gasteiger partial charge in [0.05, 0.1) is 4.92 Å². The van der Waals surface area contributed by atoms with Crippen LogP contribution in [0.2, 0.25) is 0 Å². The standard InChI is InChI=1S/C22H24N4O4/c1-4-16(3)25(22(27)18-7-5-15(2)6-8-18)14-13-20-23-21(24-30-20)17-9-11-19(12-10-17)26(28)29/h5-12,16H,4,13-14H2,1-3H3/t16-/m0/s1. The maximum atomic E-state index is 13.0. The normalized spacial score (nSPS) is 11.8. The van der Waals surface area contributed by atoms with E-state index >= 15 is 0 Å². The van der Waals surface area contributed by atoms with Crippen LogP contribution < -0.4 is 0 Å². The van der Waals surface area contributed by atoms with E-state index in [4.69, 9.17) is 4.52 Å². The predicted molar refractivity (Wildman–Crippen MR) is 112 cm³/mol. The monoisotopic (exact) mass is 408 g/mol. The second kappa shape index (κ2) is 9.30. The predicted octanol–water partition coefficient (Wildman–Crippen LogP) is 4.44. The first kappa shape index (κ1) is 21.2. The van der Waals surface area contributed by atoms with Crippen LogP contribution >= 0.6 is 0 Å². The highest BCUT2D eigenvalue weighted by molar-refractivity contribution is 5.94. The van der Waals surface area contributed by atoms with Crippen molar-refractivity contribution in [3.8, 4) is 11.4 Å². The highest BCUT2D eigenvalue weighted by Crippen LogP contribution is 2.20. The molecule has 0 unspecified atom stereocenters. The summed E-state index contributed by atoms with van der Waals surface area (Å²) < 4.78 is 5.33. The number of nitro benzene ring substituents is 1. The van der Waals surface area contributed by atoms with Crippen LogP contribution in [-0.4, -0.2) is 38.5 Å². The van der Waals surface area contributed by atoms with Crippen LogP contribution in [0, 0.1) is 17.0 Å². The lowest BCUT2D eigenvalue weighted by atomic mass is 10.1. The summed E-state index contributed by atoms with van der Waals surface area (Å²) in [6, 6.07) is 13.6. The molecule has 0 radical (unpaired) electrons. The summed E-state index contributed by atoms with van der Waals surface area (Å²) >= 11 is 0. The Morgan fingerprint density at radius 1 is 1.17 bits per heavy atom. The molecule has 0 saturated carbocycles. The Morgan fingerprint density at radius 2 is 1.83 bits per heavy atom. The van der Waals surface area contributed by atoms with Crippen LogP contribution in [0.4, 0.5) is 5.69 Å². The Bertz CT molecular complexity index is 1010. The molecule has 0 aliphatic carbocycles. The van der Waals surface area contributed by atoms with Crippen LogP contribution in [-0.2, 0) is 6.42 Å². The van der Waals surface area contributed by atoms with E-state index in [9.17, 15) is 14.9 Å². The van der Waals surface area contributed by atoms with Crippen molar-refractivity contribution in [2.75, 3.05) is 6.54 Å². The number of amides is 1. The molecule has 1 heterocycles. The van der Waals surface area contributed by atoms with Gasteiger partial charge in [-0.25, -0.2) is 0 Å². The summed E-state index contributed by atoms with van der Waals surface area (Å²) in [4.78, 5) is 29.5. The van der Waals surface area contributed by atoms with E-state index in [1.54, 1.807) is 12.1 Å². The molecule has 0 aliphatic rings. The molecule has 1 aromatic heterocycles. The minimum absolute atomic E-state index is 0.00119. The molecule has 8 nitrogen and oxygen atoms in total. The third kappa shape index (κ3) is 4.89. The van der Waals surface area contributed by atoms with E-state index in [-0.39, 0.29) is 17.6 Å². The molecule has 30 heavy (non-hydrogen) atoms. The number of carbonyl (C=O) groups excluding carboxylic acids is 1. The van der Waals surface area contributed by atoms with E-state index in [1.165, 1.54) is 12.1 Å². The van der Waals surface area contributed by atoms with Crippen molar-refractivity contribution in [2.45, 2.75) is 39.7 Å². The van der Waals surface area contributed by atoms with Gasteiger partial charge in [-0.05, 0) is 44.5 Å². The first-order valence-electron chi connectivity index (χ1n) is 9.84. The van der Waals surface area contributed by atoms with Gasteiger partial charge in [0.15, 0.2) is 0 Å². The van der Waals surface area contributed by atoms with Gasteiger partial charge < -0.3 is 9.42 Å². The lowest BCUT2D eigenvalue weighted by molar-refractivity contribution is -0.384. The average molecular weight is 408 g/mol. The summed E-state index contributed by atoms with van der Waals surface area (Å²) in [5.41, 5.74) is 2.38. The molecule has 0 saturated heterocycles. The molecule has 1 atom stereocenters. The van der Waals surface area contributed by atoms with E-state index in [0.717, 1.165) is 12.0 Å². The minimum atomic E-state index is -0.458. The number of hydrogen-bond acceptors (Lipinski definition) is 6. The van der Waals surface area contributed by atoms with Gasteiger partial charge in [-0.15, -0.1) is 0 Å². The number of aryl methyl sites for hydroxylation is 1. The molecule has 0 spiro atoms. The number of nitro groups is 1.